The molecule has 0 radical (unpaired) electrons. The number of hydrogen-bond donors (Lipinski definition) is 2. The molecule has 0 aliphatic carbocycles. The third kappa shape index (κ3) is 57.3. The molecular formula is C45H92O17. The Kier molecular flexibility index (Phi) is 57.7. The second-order valence-electron chi connectivity index (χ2n) is 14.3. The number of aliphatic hydroxyl groups excluding tert-OH is 2. The Morgan fingerprint density at radius 1 is 0.258 bits per heavy atom. The van der Waals surface area contributed by atoms with Gasteiger partial charge in [0, 0.05) is 6.61 Å². The lowest BCUT2D eigenvalue weighted by Gasteiger charge is -2.12. The average molecular weight is 905 g/mol. The third-order valence-electron chi connectivity index (χ3n) is 8.89. The zero-order chi connectivity index (χ0) is 44.6. The molecule has 0 spiro atoms. The first kappa shape index (κ1) is 61.3. The van der Waals surface area contributed by atoms with Crippen molar-refractivity contribution in [2.45, 2.75) is 96.7 Å². The first-order valence-corrected chi connectivity index (χ1v) is 23.8. The molecule has 0 aromatic carbocycles. The Morgan fingerprint density at radius 3 is 0.710 bits per heavy atom. The van der Waals surface area contributed by atoms with Gasteiger partial charge in [0.05, 0.1) is 192 Å². The van der Waals surface area contributed by atoms with Crippen LogP contribution in [0.25, 0.3) is 0 Å². The summed E-state index contributed by atoms with van der Waals surface area (Å²) in [4.78, 5) is 0. The summed E-state index contributed by atoms with van der Waals surface area (Å²) in [6.45, 7) is 16.0. The molecule has 0 saturated heterocycles. The zero-order valence-electron chi connectivity index (χ0n) is 39.0. The van der Waals surface area contributed by atoms with Crippen LogP contribution in [-0.2, 0) is 71.1 Å². The van der Waals surface area contributed by atoms with E-state index in [1.54, 1.807) is 0 Å². The molecule has 17 heteroatoms. The Balaban J connectivity index is 3.11. The van der Waals surface area contributed by atoms with Crippen molar-refractivity contribution in [3.63, 3.8) is 0 Å². The van der Waals surface area contributed by atoms with Crippen molar-refractivity contribution < 1.29 is 81.3 Å². The Morgan fingerprint density at radius 2 is 0.468 bits per heavy atom. The van der Waals surface area contributed by atoms with E-state index >= 15 is 0 Å². The topological polar surface area (TPSA) is 179 Å². The van der Waals surface area contributed by atoms with Crippen LogP contribution in [0.1, 0.15) is 90.4 Å². The molecular weight excluding hydrogens is 812 g/mol. The smallest absolute Gasteiger partial charge is 0.178 e. The summed E-state index contributed by atoms with van der Waals surface area (Å²) in [5.74, 6) is 0. The maximum atomic E-state index is 9.93. The summed E-state index contributed by atoms with van der Waals surface area (Å²) in [6, 6.07) is 0. The van der Waals surface area contributed by atoms with Crippen LogP contribution >= 0.6 is 0 Å². The summed E-state index contributed by atoms with van der Waals surface area (Å²) in [6.07, 6.45) is 16.2. The third-order valence-corrected chi connectivity index (χ3v) is 8.89. The van der Waals surface area contributed by atoms with E-state index in [9.17, 15) is 5.11 Å². The number of unbranched alkanes of at least 4 members (excludes halogenated alkanes) is 12. The Labute approximate surface area is 375 Å². The van der Waals surface area contributed by atoms with E-state index in [0.29, 0.717) is 185 Å². The molecule has 0 saturated carbocycles. The fourth-order valence-electron chi connectivity index (χ4n) is 5.49. The highest BCUT2D eigenvalue weighted by molar-refractivity contribution is 4.50. The van der Waals surface area contributed by atoms with Gasteiger partial charge in [0.15, 0.2) is 6.29 Å². The first-order chi connectivity index (χ1) is 30.8. The highest BCUT2D eigenvalue weighted by atomic mass is 16.6. The second kappa shape index (κ2) is 58.3. The van der Waals surface area contributed by atoms with Crippen LogP contribution in [0, 0.1) is 0 Å². The maximum Gasteiger partial charge on any atom is 0.178 e. The van der Waals surface area contributed by atoms with Gasteiger partial charge in [-0.05, 0) is 6.42 Å². The second-order valence-corrected chi connectivity index (χ2v) is 14.3. The normalized spacial score (nSPS) is 12.2. The van der Waals surface area contributed by atoms with Gasteiger partial charge >= 0.3 is 0 Å². The minimum absolute atomic E-state index is 0.0215. The largest absolute Gasteiger partial charge is 0.394 e. The monoisotopic (exact) mass is 905 g/mol. The number of hydrogen-bond acceptors (Lipinski definition) is 17. The summed E-state index contributed by atoms with van der Waals surface area (Å²) in [5.41, 5.74) is 0. The van der Waals surface area contributed by atoms with Gasteiger partial charge in [-0.1, -0.05) is 84.0 Å². The van der Waals surface area contributed by atoms with E-state index in [1.807, 2.05) is 0 Å². The molecule has 17 nitrogen and oxygen atoms in total. The van der Waals surface area contributed by atoms with Gasteiger partial charge in [-0.15, -0.1) is 0 Å². The SMILES string of the molecule is CCCCCCCCCCCCCCCOC(O)COCCOCCOCCOCCOCCOCCOCCOCCOCCOCCOCCOCCOCCOCCO. The minimum atomic E-state index is -0.889. The van der Waals surface area contributed by atoms with Crippen molar-refractivity contribution in [1.82, 2.24) is 0 Å². The molecule has 374 valence electrons. The lowest BCUT2D eigenvalue weighted by Crippen LogP contribution is -2.21. The van der Waals surface area contributed by atoms with Crippen molar-refractivity contribution >= 4 is 0 Å². The predicted molar refractivity (Wildman–Crippen MR) is 236 cm³/mol. The summed E-state index contributed by atoms with van der Waals surface area (Å²) in [7, 11) is 0. The molecule has 0 rings (SSSR count). The molecule has 0 aromatic heterocycles. The van der Waals surface area contributed by atoms with Crippen LogP contribution < -0.4 is 0 Å². The summed E-state index contributed by atoms with van der Waals surface area (Å²) in [5, 5.41) is 18.5. The predicted octanol–water partition coefficient (Wildman–Crippen LogP) is 4.64. The Bertz CT molecular complexity index is 776. The highest BCUT2D eigenvalue weighted by Gasteiger charge is 2.04. The van der Waals surface area contributed by atoms with E-state index in [2.05, 4.69) is 6.92 Å². The summed E-state index contributed by atoms with van der Waals surface area (Å²) < 4.78 is 81.7. The van der Waals surface area contributed by atoms with Gasteiger partial charge in [-0.3, -0.25) is 0 Å². The lowest BCUT2D eigenvalue weighted by atomic mass is 10.0. The van der Waals surface area contributed by atoms with E-state index in [4.69, 9.17) is 76.2 Å². The van der Waals surface area contributed by atoms with Crippen LogP contribution in [0.3, 0.4) is 0 Å². The van der Waals surface area contributed by atoms with Gasteiger partial charge in [-0.2, -0.15) is 0 Å². The van der Waals surface area contributed by atoms with Crippen molar-refractivity contribution in [3.8, 4) is 0 Å². The van der Waals surface area contributed by atoms with Crippen LogP contribution in [0.2, 0.25) is 0 Å². The molecule has 62 heavy (non-hydrogen) atoms. The fourth-order valence-corrected chi connectivity index (χ4v) is 5.49. The van der Waals surface area contributed by atoms with Gasteiger partial charge < -0.3 is 81.3 Å². The molecule has 1 atom stereocenters. The molecule has 0 heterocycles. The molecule has 1 unspecified atom stereocenters. The lowest BCUT2D eigenvalue weighted by molar-refractivity contribution is -0.141. The van der Waals surface area contributed by atoms with Crippen LogP contribution in [-0.4, -0.2) is 215 Å². The van der Waals surface area contributed by atoms with E-state index in [1.165, 1.54) is 70.6 Å². The standard InChI is InChI=1S/C45H92O17/c1-2-3-4-5-6-7-8-9-10-11-12-13-14-16-62-45(47)44-61-43-42-60-41-40-59-39-38-58-37-36-57-35-34-56-33-32-55-31-30-54-29-28-53-27-26-52-25-24-51-23-22-50-21-20-49-19-18-48-17-15-46/h45-47H,2-44H2,1H3. The molecule has 0 aliphatic heterocycles. The van der Waals surface area contributed by atoms with Crippen LogP contribution in [0.4, 0.5) is 0 Å². The minimum Gasteiger partial charge on any atom is -0.394 e. The van der Waals surface area contributed by atoms with Crippen LogP contribution in [0.15, 0.2) is 0 Å². The zero-order valence-corrected chi connectivity index (χ0v) is 39.0. The molecule has 0 aliphatic rings. The Hall–Kier alpha value is -0.680. The molecule has 0 bridgehead atoms. The van der Waals surface area contributed by atoms with Crippen molar-refractivity contribution in [2.24, 2.45) is 0 Å². The number of rotatable bonds is 58. The van der Waals surface area contributed by atoms with Gasteiger partial charge in [-0.25, -0.2) is 0 Å². The van der Waals surface area contributed by atoms with Gasteiger partial charge in [0.25, 0.3) is 0 Å². The average Bonchev–Trinajstić information content (AvgIpc) is 3.28. The van der Waals surface area contributed by atoms with E-state index < -0.39 is 6.29 Å². The number of aliphatic hydroxyl groups is 2. The van der Waals surface area contributed by atoms with Crippen molar-refractivity contribution in [3.05, 3.63) is 0 Å². The molecule has 2 N–H and O–H groups in total. The quantitative estimate of drug-likeness (QED) is 0.0637. The first-order valence-electron chi connectivity index (χ1n) is 23.8. The van der Waals surface area contributed by atoms with E-state index in [0.717, 1.165) is 12.8 Å². The highest BCUT2D eigenvalue weighted by Crippen LogP contribution is 2.12. The number of ether oxygens (including phenoxy) is 15. The van der Waals surface area contributed by atoms with Crippen molar-refractivity contribution in [2.75, 3.05) is 198 Å². The van der Waals surface area contributed by atoms with Crippen molar-refractivity contribution in [1.29, 1.82) is 0 Å². The van der Waals surface area contributed by atoms with Gasteiger partial charge in [0.1, 0.15) is 0 Å². The maximum absolute atomic E-state index is 9.93. The van der Waals surface area contributed by atoms with Gasteiger partial charge in [0.2, 0.25) is 0 Å². The van der Waals surface area contributed by atoms with Crippen LogP contribution in [0.5, 0.6) is 0 Å². The molecule has 0 amide bonds. The fraction of sp³-hybridized carbons (Fsp3) is 1.00. The van der Waals surface area contributed by atoms with E-state index in [-0.39, 0.29) is 13.2 Å². The molecule has 0 fully saturated rings. The summed E-state index contributed by atoms with van der Waals surface area (Å²) >= 11 is 0. The molecule has 0 aromatic rings.